The Labute approximate surface area is 390 Å². The first-order chi connectivity index (χ1) is 30.5. The van der Waals surface area contributed by atoms with Gasteiger partial charge in [0, 0.05) is 6.42 Å². The van der Waals surface area contributed by atoms with Crippen molar-refractivity contribution in [3.8, 4) is 0 Å². The summed E-state index contributed by atoms with van der Waals surface area (Å²) in [5.41, 5.74) is 0. The molecule has 0 fully saturated rings. The number of aliphatic hydroxyl groups is 1. The van der Waals surface area contributed by atoms with Crippen molar-refractivity contribution in [2.45, 2.75) is 251 Å². The number of aliphatic hydroxyl groups excluding tert-OH is 1. The molecule has 0 heterocycles. The molecule has 0 rings (SSSR count). The minimum atomic E-state index is -4.35. The van der Waals surface area contributed by atoms with Crippen molar-refractivity contribution in [2.24, 2.45) is 0 Å². The van der Waals surface area contributed by atoms with E-state index in [-0.39, 0.29) is 19.1 Å². The van der Waals surface area contributed by atoms with Gasteiger partial charge in [-0.1, -0.05) is 223 Å². The maximum atomic E-state index is 12.9. The van der Waals surface area contributed by atoms with Gasteiger partial charge in [-0.15, -0.1) is 0 Å². The molecule has 0 aromatic rings. The van der Waals surface area contributed by atoms with Crippen molar-refractivity contribution in [1.29, 1.82) is 0 Å². The standard InChI is InChI=1S/C54H103N2O6P/c1-6-8-10-12-14-16-18-20-22-23-24-25-26-27-28-29-30-31-32-33-34-35-37-39-41-43-45-47-53(57)52(51-62-63(59,60)61-50-49-56(3,4)5)55-54(58)48-46-44-42-40-38-36-21-19-17-15-13-11-9-7-2/h13,15,19,21,37,39,45,47,52-53,57H,6-12,14,16-18,20,22-36,38,40-44,46,48-51H2,1-5H3,(H-,55,58,59,60)/p+1/b15-13-,21-19-,39-37+,47-45+. The third-order valence-corrected chi connectivity index (χ3v) is 12.8. The molecule has 0 aromatic heterocycles. The van der Waals surface area contributed by atoms with Gasteiger partial charge in [0.15, 0.2) is 0 Å². The zero-order chi connectivity index (χ0) is 46.4. The number of amides is 1. The lowest BCUT2D eigenvalue weighted by molar-refractivity contribution is -0.870. The number of likely N-dealkylation sites (N-methyl/N-ethyl adjacent to an activating group) is 1. The average Bonchev–Trinajstić information content (AvgIpc) is 3.24. The molecule has 0 aliphatic carbocycles. The summed E-state index contributed by atoms with van der Waals surface area (Å²) in [6.45, 7) is 4.75. The van der Waals surface area contributed by atoms with Gasteiger partial charge in [0.05, 0.1) is 39.9 Å². The summed E-state index contributed by atoms with van der Waals surface area (Å²) < 4.78 is 23.6. The molecule has 3 unspecified atom stereocenters. The number of carbonyl (C=O) groups excluding carboxylic acids is 1. The monoisotopic (exact) mass is 908 g/mol. The Morgan fingerprint density at radius 3 is 1.41 bits per heavy atom. The Kier molecular flexibility index (Phi) is 44.5. The van der Waals surface area contributed by atoms with E-state index >= 15 is 0 Å². The van der Waals surface area contributed by atoms with Crippen molar-refractivity contribution in [3.63, 3.8) is 0 Å². The number of hydrogen-bond donors (Lipinski definition) is 3. The third kappa shape index (κ3) is 48.2. The van der Waals surface area contributed by atoms with Gasteiger partial charge in [0.25, 0.3) is 0 Å². The molecule has 0 saturated carbocycles. The van der Waals surface area contributed by atoms with Crippen molar-refractivity contribution in [1.82, 2.24) is 5.32 Å². The number of unbranched alkanes of at least 4 members (excludes halogenated alkanes) is 29. The van der Waals surface area contributed by atoms with Crippen LogP contribution in [0.4, 0.5) is 0 Å². The molecule has 3 N–H and O–H groups in total. The van der Waals surface area contributed by atoms with Gasteiger partial charge >= 0.3 is 7.82 Å². The summed E-state index contributed by atoms with van der Waals surface area (Å²) >= 11 is 0. The minimum absolute atomic E-state index is 0.0522. The SMILES string of the molecule is CCCC/C=C\C/C=C\CCCCCCCC(=O)NC(COP(=O)(O)OCC[N+](C)(C)C)C(O)/C=C/CC/C=C/CCCCCCCCCCCCCCCCCCCCCCC. The van der Waals surface area contributed by atoms with Crippen molar-refractivity contribution >= 4 is 13.7 Å². The first kappa shape index (κ1) is 61.5. The smallest absolute Gasteiger partial charge is 0.387 e. The number of carbonyl (C=O) groups is 1. The first-order valence-electron chi connectivity index (χ1n) is 26.5. The molecule has 63 heavy (non-hydrogen) atoms. The molecule has 370 valence electrons. The molecule has 9 heteroatoms. The van der Waals surface area contributed by atoms with E-state index < -0.39 is 20.0 Å². The Balaban J connectivity index is 4.26. The lowest BCUT2D eigenvalue weighted by Gasteiger charge is -2.25. The topological polar surface area (TPSA) is 105 Å². The van der Waals surface area contributed by atoms with Crippen LogP contribution in [0.25, 0.3) is 0 Å². The van der Waals surface area contributed by atoms with Gasteiger partial charge in [0.2, 0.25) is 5.91 Å². The van der Waals surface area contributed by atoms with Gasteiger partial charge in [0.1, 0.15) is 13.2 Å². The van der Waals surface area contributed by atoms with Gasteiger partial charge < -0.3 is 19.8 Å². The number of quaternary nitrogens is 1. The summed E-state index contributed by atoms with van der Waals surface area (Å²) in [4.78, 5) is 23.2. The molecule has 0 aliphatic heterocycles. The maximum absolute atomic E-state index is 12.9. The van der Waals surface area contributed by atoms with Crippen LogP contribution in [0.15, 0.2) is 48.6 Å². The summed E-state index contributed by atoms with van der Waals surface area (Å²) in [7, 11) is 1.54. The lowest BCUT2D eigenvalue weighted by atomic mass is 10.0. The van der Waals surface area contributed by atoms with Gasteiger partial charge in [-0.3, -0.25) is 13.8 Å². The largest absolute Gasteiger partial charge is 0.472 e. The number of phosphoric ester groups is 1. The molecular formula is C54H104N2O6P+. The van der Waals surface area contributed by atoms with E-state index in [4.69, 9.17) is 9.05 Å². The molecular weight excluding hydrogens is 804 g/mol. The number of hydrogen-bond acceptors (Lipinski definition) is 5. The summed E-state index contributed by atoms with van der Waals surface area (Å²) in [6.07, 6.45) is 59.3. The molecule has 8 nitrogen and oxygen atoms in total. The van der Waals surface area contributed by atoms with Crippen LogP contribution in [0.2, 0.25) is 0 Å². The fourth-order valence-electron chi connectivity index (χ4n) is 7.55. The molecule has 0 spiro atoms. The van der Waals surface area contributed by atoms with E-state index in [2.05, 4.69) is 55.6 Å². The van der Waals surface area contributed by atoms with Crippen LogP contribution in [0, 0.1) is 0 Å². The predicted molar refractivity (Wildman–Crippen MR) is 272 cm³/mol. The molecule has 1 amide bonds. The second kappa shape index (κ2) is 45.6. The van der Waals surface area contributed by atoms with E-state index in [1.807, 2.05) is 27.2 Å². The van der Waals surface area contributed by atoms with Crippen LogP contribution < -0.4 is 5.32 Å². The number of nitrogens with zero attached hydrogens (tertiary/aromatic N) is 1. The van der Waals surface area contributed by atoms with E-state index in [1.165, 1.54) is 154 Å². The number of rotatable bonds is 48. The Hall–Kier alpha value is -1.54. The predicted octanol–water partition coefficient (Wildman–Crippen LogP) is 15.6. The zero-order valence-electron chi connectivity index (χ0n) is 42.1. The number of allylic oxidation sites excluding steroid dienone is 7. The molecule has 0 aliphatic rings. The molecule has 0 aromatic carbocycles. The second-order valence-corrected chi connectivity index (χ2v) is 20.7. The normalized spacial score (nSPS) is 14.5. The fourth-order valence-corrected chi connectivity index (χ4v) is 8.28. The number of phosphoric acid groups is 1. The quantitative estimate of drug-likeness (QED) is 0.0243. The third-order valence-electron chi connectivity index (χ3n) is 11.8. The van der Waals surface area contributed by atoms with Crippen LogP contribution in [-0.2, 0) is 18.4 Å². The van der Waals surface area contributed by atoms with Crippen LogP contribution in [-0.4, -0.2) is 73.4 Å². The van der Waals surface area contributed by atoms with E-state index in [0.29, 0.717) is 17.4 Å². The van der Waals surface area contributed by atoms with E-state index in [0.717, 1.165) is 64.2 Å². The Bertz CT molecular complexity index is 1170. The zero-order valence-corrected chi connectivity index (χ0v) is 43.0. The molecule has 0 bridgehead atoms. The average molecular weight is 908 g/mol. The highest BCUT2D eigenvalue weighted by atomic mass is 31.2. The molecule has 3 atom stereocenters. The molecule has 0 saturated heterocycles. The highest BCUT2D eigenvalue weighted by Crippen LogP contribution is 2.43. The van der Waals surface area contributed by atoms with Crippen LogP contribution in [0.1, 0.15) is 239 Å². The Morgan fingerprint density at radius 1 is 0.540 bits per heavy atom. The van der Waals surface area contributed by atoms with Crippen LogP contribution >= 0.6 is 7.82 Å². The van der Waals surface area contributed by atoms with Gasteiger partial charge in [-0.05, 0) is 57.8 Å². The van der Waals surface area contributed by atoms with Crippen molar-refractivity contribution in [3.05, 3.63) is 48.6 Å². The van der Waals surface area contributed by atoms with E-state index in [9.17, 15) is 19.4 Å². The minimum Gasteiger partial charge on any atom is -0.387 e. The Morgan fingerprint density at radius 2 is 0.937 bits per heavy atom. The second-order valence-electron chi connectivity index (χ2n) is 19.2. The summed E-state index contributed by atoms with van der Waals surface area (Å²) in [6, 6.07) is -0.871. The maximum Gasteiger partial charge on any atom is 0.472 e. The van der Waals surface area contributed by atoms with Crippen LogP contribution in [0.3, 0.4) is 0 Å². The van der Waals surface area contributed by atoms with E-state index in [1.54, 1.807) is 6.08 Å². The van der Waals surface area contributed by atoms with Crippen LogP contribution in [0.5, 0.6) is 0 Å². The van der Waals surface area contributed by atoms with Gasteiger partial charge in [-0.25, -0.2) is 4.57 Å². The van der Waals surface area contributed by atoms with Crippen molar-refractivity contribution < 1.29 is 32.9 Å². The fraction of sp³-hybridized carbons (Fsp3) is 0.833. The van der Waals surface area contributed by atoms with Gasteiger partial charge in [-0.2, -0.15) is 0 Å². The highest BCUT2D eigenvalue weighted by molar-refractivity contribution is 7.47. The summed E-state index contributed by atoms with van der Waals surface area (Å²) in [5, 5.41) is 13.9. The summed E-state index contributed by atoms with van der Waals surface area (Å²) in [5.74, 6) is -0.201. The first-order valence-corrected chi connectivity index (χ1v) is 28.0. The lowest BCUT2D eigenvalue weighted by Crippen LogP contribution is -2.45. The van der Waals surface area contributed by atoms with Crippen molar-refractivity contribution in [2.75, 3.05) is 40.9 Å². The highest BCUT2D eigenvalue weighted by Gasteiger charge is 2.27. The number of nitrogens with one attached hydrogen (secondary N) is 1. The molecule has 0 radical (unpaired) electrons.